The number of amides is 1. The predicted octanol–water partition coefficient (Wildman–Crippen LogP) is 8.98. The van der Waals surface area contributed by atoms with E-state index in [-0.39, 0.29) is 6.71 Å². The summed E-state index contributed by atoms with van der Waals surface area (Å²) in [5.74, 6) is 0.585. The van der Waals surface area contributed by atoms with Gasteiger partial charge in [0.25, 0.3) is 0 Å². The van der Waals surface area contributed by atoms with Crippen molar-refractivity contribution in [3.63, 3.8) is 0 Å². The van der Waals surface area contributed by atoms with Gasteiger partial charge in [-0.2, -0.15) is 0 Å². The molecule has 0 atom stereocenters. The molecule has 3 aliphatic rings. The van der Waals surface area contributed by atoms with Gasteiger partial charge in [-0.15, -0.1) is 0 Å². The number of carbonyl (C=O) groups is 1. The normalized spacial score (nSPS) is 14.0. The van der Waals surface area contributed by atoms with E-state index in [1.54, 1.807) is 4.90 Å². The second-order valence-electron chi connectivity index (χ2n) is 12.8. The Morgan fingerprint density at radius 2 is 1.35 bits per heavy atom. The lowest BCUT2D eigenvalue weighted by Crippen LogP contribution is -2.60. The van der Waals surface area contributed by atoms with Crippen LogP contribution in [-0.2, 0) is 0 Å². The molecule has 0 fully saturated rings. The molecular formula is C42H25BN2O3. The summed E-state index contributed by atoms with van der Waals surface area (Å²) in [5.41, 5.74) is 13.4. The van der Waals surface area contributed by atoms with E-state index >= 15 is 0 Å². The molecule has 0 radical (unpaired) electrons. The first-order valence-corrected chi connectivity index (χ1v) is 16.3. The Morgan fingerprint density at radius 3 is 2.25 bits per heavy atom. The van der Waals surface area contributed by atoms with Gasteiger partial charge in [-0.3, -0.25) is 0 Å². The molecule has 5 nitrogen and oxygen atoms in total. The zero-order valence-electron chi connectivity index (χ0n) is 25.9. The van der Waals surface area contributed by atoms with Crippen LogP contribution in [0.25, 0.3) is 43.8 Å². The number of benzene rings is 7. The standard InChI is InChI=1S/C42H25BN2O3/c1-24-19-21-35-38(28-14-6-10-18-34(28)47-35)40(24)43-29-15-7-9-17-32(29)45-41-30(43)23-33-37-27(20-22-36(39(37)41)48-42(45)46)26-13-5-8-16-31(26)44(33)25-11-3-2-4-12-25/h2-23H,1H3. The number of hydrogen-bond acceptors (Lipinski definition) is 4. The summed E-state index contributed by atoms with van der Waals surface area (Å²) in [5, 5.41) is 4.23. The third-order valence-electron chi connectivity index (χ3n) is 10.4. The van der Waals surface area contributed by atoms with Crippen LogP contribution in [0.3, 0.4) is 0 Å². The van der Waals surface area contributed by atoms with Crippen molar-refractivity contribution in [3.8, 4) is 16.9 Å². The van der Waals surface area contributed by atoms with Crippen molar-refractivity contribution in [3.05, 3.63) is 139 Å². The first-order valence-electron chi connectivity index (χ1n) is 16.3. The van der Waals surface area contributed by atoms with Crippen LogP contribution in [0, 0.1) is 6.92 Å². The van der Waals surface area contributed by atoms with E-state index < -0.39 is 6.09 Å². The predicted molar refractivity (Wildman–Crippen MR) is 195 cm³/mol. The number of furan rings is 1. The Kier molecular flexibility index (Phi) is 4.94. The van der Waals surface area contributed by atoms with Gasteiger partial charge in [0.15, 0.2) is 0 Å². The van der Waals surface area contributed by atoms with Gasteiger partial charge < -0.3 is 14.1 Å². The van der Waals surface area contributed by atoms with E-state index in [1.807, 2.05) is 30.3 Å². The van der Waals surface area contributed by atoms with E-state index in [4.69, 9.17) is 9.15 Å². The molecule has 11 rings (SSSR count). The van der Waals surface area contributed by atoms with Crippen molar-refractivity contribution in [1.29, 1.82) is 0 Å². The lowest BCUT2D eigenvalue weighted by atomic mass is 9.33. The van der Waals surface area contributed by atoms with Crippen LogP contribution >= 0.6 is 0 Å². The first-order chi connectivity index (χ1) is 23.7. The molecule has 4 heterocycles. The molecule has 0 spiro atoms. The quantitative estimate of drug-likeness (QED) is 0.182. The van der Waals surface area contributed by atoms with E-state index in [0.29, 0.717) is 5.75 Å². The van der Waals surface area contributed by atoms with Gasteiger partial charge in [-0.05, 0) is 78.0 Å². The fraction of sp³-hybridized carbons (Fsp3) is 0.0238. The van der Waals surface area contributed by atoms with Crippen molar-refractivity contribution in [2.45, 2.75) is 6.92 Å². The topological polar surface area (TPSA) is 45.9 Å². The highest BCUT2D eigenvalue weighted by Gasteiger charge is 2.45. The average Bonchev–Trinajstić information content (AvgIpc) is 3.51. The van der Waals surface area contributed by atoms with Gasteiger partial charge >= 0.3 is 6.09 Å². The maximum Gasteiger partial charge on any atom is 0.424 e. The minimum Gasteiger partial charge on any atom is -0.456 e. The Hall–Kier alpha value is -6.27. The molecule has 0 unspecified atom stereocenters. The average molecular weight is 616 g/mol. The zero-order valence-corrected chi connectivity index (χ0v) is 25.9. The van der Waals surface area contributed by atoms with Crippen molar-refractivity contribution >= 4 is 90.3 Å². The fourth-order valence-electron chi connectivity index (χ4n) is 8.53. The zero-order chi connectivity index (χ0) is 31.7. The Morgan fingerprint density at radius 1 is 0.583 bits per heavy atom. The Labute approximate surface area is 276 Å². The van der Waals surface area contributed by atoms with Crippen LogP contribution in [0.15, 0.2) is 138 Å². The second kappa shape index (κ2) is 9.17. The number of carbonyl (C=O) groups excluding carboxylic acids is 1. The van der Waals surface area contributed by atoms with E-state index in [0.717, 1.165) is 83.2 Å². The molecule has 1 aromatic heterocycles. The minimum atomic E-state index is -0.391. The highest BCUT2D eigenvalue weighted by atomic mass is 16.6. The van der Waals surface area contributed by atoms with E-state index in [2.05, 4.69) is 115 Å². The summed E-state index contributed by atoms with van der Waals surface area (Å²) < 4.78 is 12.6. The van der Waals surface area contributed by atoms with Gasteiger partial charge in [0.1, 0.15) is 16.9 Å². The van der Waals surface area contributed by atoms with Crippen molar-refractivity contribution in [2.75, 3.05) is 9.80 Å². The number of para-hydroxylation sites is 4. The number of aryl methyl sites for hydroxylation is 1. The maximum atomic E-state index is 14.0. The molecule has 6 heteroatoms. The lowest BCUT2D eigenvalue weighted by Gasteiger charge is -2.42. The van der Waals surface area contributed by atoms with Crippen LogP contribution in [0.1, 0.15) is 5.56 Å². The minimum absolute atomic E-state index is 0.185. The maximum absolute atomic E-state index is 14.0. The first kappa shape index (κ1) is 25.9. The smallest absolute Gasteiger partial charge is 0.424 e. The fourth-order valence-corrected chi connectivity index (χ4v) is 8.53. The summed E-state index contributed by atoms with van der Waals surface area (Å²) in [6.07, 6.45) is -0.391. The Balaban J connectivity index is 1.34. The van der Waals surface area contributed by atoms with Crippen LogP contribution in [-0.4, -0.2) is 12.8 Å². The molecule has 0 N–H and O–H groups in total. The SMILES string of the molecule is Cc1ccc2oc3ccccc3c2c1B1c2ccccc2N2C(=O)Oc3ccc4c5c(cc1c2c35)N(c1ccccc1)c1ccccc1-4. The molecule has 0 saturated carbocycles. The van der Waals surface area contributed by atoms with Crippen LogP contribution < -0.4 is 30.9 Å². The van der Waals surface area contributed by atoms with Crippen molar-refractivity contribution in [2.24, 2.45) is 0 Å². The number of rotatable bonds is 2. The second-order valence-corrected chi connectivity index (χ2v) is 12.8. The van der Waals surface area contributed by atoms with E-state index in [1.165, 1.54) is 11.0 Å². The molecule has 0 bridgehead atoms. The molecule has 48 heavy (non-hydrogen) atoms. The molecule has 7 aromatic carbocycles. The monoisotopic (exact) mass is 616 g/mol. The lowest BCUT2D eigenvalue weighted by molar-refractivity contribution is 0.210. The van der Waals surface area contributed by atoms with Crippen LogP contribution in [0.4, 0.5) is 33.2 Å². The van der Waals surface area contributed by atoms with Crippen molar-refractivity contribution in [1.82, 2.24) is 0 Å². The summed E-state index contributed by atoms with van der Waals surface area (Å²) in [7, 11) is 0. The number of nitrogens with zero attached hydrogens (tertiary/aromatic N) is 2. The van der Waals surface area contributed by atoms with Gasteiger partial charge in [0.2, 0.25) is 6.71 Å². The molecule has 224 valence electrons. The Bertz CT molecular complexity index is 2720. The van der Waals surface area contributed by atoms with Crippen LogP contribution in [0.5, 0.6) is 5.75 Å². The van der Waals surface area contributed by atoms with Gasteiger partial charge in [0, 0.05) is 33.1 Å². The summed E-state index contributed by atoms with van der Waals surface area (Å²) in [6.45, 7) is 2.00. The highest BCUT2D eigenvalue weighted by molar-refractivity contribution is 7.00. The summed E-state index contributed by atoms with van der Waals surface area (Å²) in [6, 6.07) is 46.3. The molecular weight excluding hydrogens is 591 g/mol. The highest BCUT2D eigenvalue weighted by Crippen LogP contribution is 2.56. The van der Waals surface area contributed by atoms with E-state index in [9.17, 15) is 4.79 Å². The summed E-state index contributed by atoms with van der Waals surface area (Å²) >= 11 is 0. The number of anilines is 5. The number of ether oxygens (including phenoxy) is 1. The van der Waals surface area contributed by atoms with Gasteiger partial charge in [-0.25, -0.2) is 9.69 Å². The third-order valence-corrected chi connectivity index (χ3v) is 10.4. The molecule has 3 aliphatic heterocycles. The van der Waals surface area contributed by atoms with Gasteiger partial charge in [-0.1, -0.05) is 89.9 Å². The largest absolute Gasteiger partial charge is 0.456 e. The van der Waals surface area contributed by atoms with Crippen molar-refractivity contribution < 1.29 is 13.9 Å². The number of fused-ring (bicyclic) bond motifs is 7. The van der Waals surface area contributed by atoms with Gasteiger partial charge in [0.05, 0.1) is 22.4 Å². The molecule has 1 amide bonds. The molecule has 0 saturated heterocycles. The van der Waals surface area contributed by atoms with Crippen LogP contribution in [0.2, 0.25) is 0 Å². The number of hydrogen-bond donors (Lipinski definition) is 0. The summed E-state index contributed by atoms with van der Waals surface area (Å²) in [4.78, 5) is 18.2. The third kappa shape index (κ3) is 3.19. The molecule has 0 aliphatic carbocycles. The molecule has 8 aromatic rings.